The van der Waals surface area contributed by atoms with Gasteiger partial charge in [-0.15, -0.1) is 0 Å². The number of hydrogen-bond donors (Lipinski definition) is 0. The summed E-state index contributed by atoms with van der Waals surface area (Å²) in [4.78, 5) is 6.95. The molecule has 2 atom stereocenters. The fraction of sp³-hybridized carbons (Fsp3) is 0.152. The van der Waals surface area contributed by atoms with E-state index >= 15 is 0 Å². The minimum Gasteiger partial charge on any atom is -0.461 e. The van der Waals surface area contributed by atoms with E-state index < -0.39 is 0 Å². The van der Waals surface area contributed by atoms with Crippen LogP contribution in [-0.2, 0) is 11.3 Å². The Bertz CT molecular complexity index is 1440. The normalized spacial score (nSPS) is 17.4. The highest BCUT2D eigenvalue weighted by atomic mass is 16.7. The predicted octanol–water partition coefficient (Wildman–Crippen LogP) is 8.39. The first-order chi connectivity index (χ1) is 17.7. The van der Waals surface area contributed by atoms with E-state index in [0.717, 1.165) is 40.3 Å². The Kier molecular flexibility index (Phi) is 5.92. The van der Waals surface area contributed by atoms with Gasteiger partial charge in [-0.1, -0.05) is 109 Å². The van der Waals surface area contributed by atoms with Crippen molar-refractivity contribution in [3.8, 4) is 11.3 Å². The van der Waals surface area contributed by atoms with Gasteiger partial charge in [-0.25, -0.2) is 5.06 Å². The maximum Gasteiger partial charge on any atom is 0.140 e. The molecule has 0 amide bonds. The third-order valence-corrected chi connectivity index (χ3v) is 7.00. The van der Waals surface area contributed by atoms with Crippen LogP contribution in [0.3, 0.4) is 0 Å². The Labute approximate surface area is 212 Å². The summed E-state index contributed by atoms with van der Waals surface area (Å²) in [6.07, 6.45) is 0.578. The monoisotopic (exact) mass is 471 g/mol. The molecule has 2 heterocycles. The fourth-order valence-electron chi connectivity index (χ4n) is 5.17. The van der Waals surface area contributed by atoms with Crippen LogP contribution < -0.4 is 5.06 Å². The van der Waals surface area contributed by atoms with Crippen molar-refractivity contribution in [3.63, 3.8) is 0 Å². The molecular weight excluding hydrogens is 442 g/mol. The number of aryl methyl sites for hydroxylation is 2. The molecule has 178 valence electrons. The molecule has 1 aliphatic rings. The van der Waals surface area contributed by atoms with E-state index in [9.17, 15) is 0 Å². The van der Waals surface area contributed by atoms with Crippen LogP contribution in [0.1, 0.15) is 45.7 Å². The van der Waals surface area contributed by atoms with Crippen molar-refractivity contribution in [2.45, 2.75) is 32.4 Å². The van der Waals surface area contributed by atoms with Gasteiger partial charge in [-0.3, -0.25) is 4.84 Å². The van der Waals surface area contributed by atoms with E-state index in [1.165, 1.54) is 16.7 Å². The number of rotatable bonds is 4. The van der Waals surface area contributed by atoms with Crippen molar-refractivity contribution in [3.05, 3.63) is 149 Å². The first-order valence-corrected chi connectivity index (χ1v) is 12.5. The number of hydroxylamine groups is 1. The zero-order valence-corrected chi connectivity index (χ0v) is 20.6. The number of benzene rings is 4. The van der Waals surface area contributed by atoms with Gasteiger partial charge < -0.3 is 4.42 Å². The lowest BCUT2D eigenvalue weighted by Gasteiger charge is -2.34. The molecule has 0 radical (unpaired) electrons. The largest absolute Gasteiger partial charge is 0.461 e. The zero-order chi connectivity index (χ0) is 24.5. The van der Waals surface area contributed by atoms with Gasteiger partial charge in [-0.05, 0) is 37.1 Å². The molecule has 0 unspecified atom stereocenters. The average molecular weight is 472 g/mol. The van der Waals surface area contributed by atoms with E-state index in [1.54, 1.807) is 0 Å². The van der Waals surface area contributed by atoms with Crippen LogP contribution in [0.4, 0.5) is 5.69 Å². The SMILES string of the molecule is Cc1ccc(-c2oc(C)c3c2[C@@H](c2ccccc2)N(c2ccccc2)O[C@@H](c2ccccc2)C3)cc1. The molecule has 3 nitrogen and oxygen atoms in total. The first kappa shape index (κ1) is 22.4. The van der Waals surface area contributed by atoms with Gasteiger partial charge in [-0.2, -0.15) is 0 Å². The number of hydrogen-bond acceptors (Lipinski definition) is 3. The Morgan fingerprint density at radius 3 is 1.89 bits per heavy atom. The highest BCUT2D eigenvalue weighted by molar-refractivity contribution is 5.69. The van der Waals surface area contributed by atoms with Gasteiger partial charge in [0.25, 0.3) is 0 Å². The molecule has 0 saturated carbocycles. The number of nitrogens with zero attached hydrogens (tertiary/aromatic N) is 1. The zero-order valence-electron chi connectivity index (χ0n) is 20.6. The molecule has 36 heavy (non-hydrogen) atoms. The molecule has 0 spiro atoms. The van der Waals surface area contributed by atoms with Crippen molar-refractivity contribution < 1.29 is 9.25 Å². The summed E-state index contributed by atoms with van der Waals surface area (Å²) < 4.78 is 6.59. The highest BCUT2D eigenvalue weighted by Gasteiger charge is 2.38. The van der Waals surface area contributed by atoms with Crippen molar-refractivity contribution >= 4 is 5.69 Å². The third kappa shape index (κ3) is 4.12. The van der Waals surface area contributed by atoms with Gasteiger partial charge >= 0.3 is 0 Å². The van der Waals surface area contributed by atoms with Gasteiger partial charge in [0.1, 0.15) is 23.7 Å². The summed E-state index contributed by atoms with van der Waals surface area (Å²) >= 11 is 0. The maximum absolute atomic E-state index is 6.95. The molecule has 3 heteroatoms. The third-order valence-electron chi connectivity index (χ3n) is 7.00. The quantitative estimate of drug-likeness (QED) is 0.263. The van der Waals surface area contributed by atoms with Gasteiger partial charge in [0.2, 0.25) is 0 Å². The Morgan fingerprint density at radius 2 is 1.25 bits per heavy atom. The highest BCUT2D eigenvalue weighted by Crippen LogP contribution is 2.47. The Hall–Kier alpha value is -4.08. The molecule has 1 aliphatic heterocycles. The molecule has 1 aromatic heterocycles. The van der Waals surface area contributed by atoms with E-state index in [4.69, 9.17) is 9.25 Å². The summed E-state index contributed by atoms with van der Waals surface area (Å²) in [6, 6.07) is 39.9. The van der Waals surface area contributed by atoms with Crippen LogP contribution in [0.2, 0.25) is 0 Å². The van der Waals surface area contributed by atoms with E-state index in [2.05, 4.69) is 122 Å². The van der Waals surface area contributed by atoms with Gasteiger partial charge in [0, 0.05) is 23.1 Å². The Balaban J connectivity index is 1.62. The van der Waals surface area contributed by atoms with Crippen molar-refractivity contribution in [2.75, 3.05) is 5.06 Å². The van der Waals surface area contributed by atoms with Crippen LogP contribution in [0, 0.1) is 13.8 Å². The molecule has 0 fully saturated rings. The lowest BCUT2D eigenvalue weighted by Crippen LogP contribution is -2.30. The smallest absolute Gasteiger partial charge is 0.140 e. The summed E-state index contributed by atoms with van der Waals surface area (Å²) in [5.74, 6) is 1.86. The summed E-state index contributed by atoms with van der Waals surface area (Å²) in [7, 11) is 0. The van der Waals surface area contributed by atoms with Crippen LogP contribution in [0.25, 0.3) is 11.3 Å². The second-order valence-electron chi connectivity index (χ2n) is 9.43. The average Bonchev–Trinajstić information content (AvgIpc) is 3.13. The lowest BCUT2D eigenvalue weighted by molar-refractivity contribution is 0.0260. The molecule has 6 rings (SSSR count). The van der Waals surface area contributed by atoms with E-state index in [-0.39, 0.29) is 12.1 Å². The summed E-state index contributed by atoms with van der Waals surface area (Å²) in [6.45, 7) is 4.19. The first-order valence-electron chi connectivity index (χ1n) is 12.5. The van der Waals surface area contributed by atoms with Crippen LogP contribution in [0.5, 0.6) is 0 Å². The number of furan rings is 1. The number of para-hydroxylation sites is 1. The second-order valence-corrected chi connectivity index (χ2v) is 9.43. The molecule has 5 aromatic rings. The van der Waals surface area contributed by atoms with Crippen molar-refractivity contribution in [1.29, 1.82) is 0 Å². The second kappa shape index (κ2) is 9.52. The van der Waals surface area contributed by atoms with Crippen LogP contribution in [-0.4, -0.2) is 0 Å². The van der Waals surface area contributed by atoms with Gasteiger partial charge in [0.15, 0.2) is 0 Å². The molecule has 0 aliphatic carbocycles. The van der Waals surface area contributed by atoms with Crippen molar-refractivity contribution in [2.24, 2.45) is 0 Å². The molecule has 0 saturated heterocycles. The molecule has 4 aromatic carbocycles. The predicted molar refractivity (Wildman–Crippen MR) is 145 cm³/mol. The standard InChI is InChI=1S/C33H29NO2/c1-23-18-20-27(21-19-23)33-31-29(24(2)35-33)22-30(25-12-6-3-7-13-25)36-34(28-16-10-5-11-17-28)32(31)26-14-8-4-9-15-26/h3-21,30,32H,22H2,1-2H3/t30-,32-/m1/s1. The van der Waals surface area contributed by atoms with Gasteiger partial charge in [0.05, 0.1) is 5.69 Å². The lowest BCUT2D eigenvalue weighted by atomic mass is 9.89. The molecule has 0 N–H and O–H groups in total. The van der Waals surface area contributed by atoms with Crippen molar-refractivity contribution in [1.82, 2.24) is 0 Å². The minimum atomic E-state index is -0.175. The summed E-state index contributed by atoms with van der Waals surface area (Å²) in [5.41, 5.74) is 8.01. The minimum absolute atomic E-state index is 0.152. The maximum atomic E-state index is 6.95. The van der Waals surface area contributed by atoms with Crippen LogP contribution in [0.15, 0.2) is 120 Å². The molecular formula is C33H29NO2. The van der Waals surface area contributed by atoms with E-state index in [1.807, 2.05) is 12.1 Å². The fourth-order valence-corrected chi connectivity index (χ4v) is 5.17. The van der Waals surface area contributed by atoms with Crippen LogP contribution >= 0.6 is 0 Å². The number of anilines is 1. The Morgan fingerprint density at radius 1 is 0.667 bits per heavy atom. The topological polar surface area (TPSA) is 25.6 Å². The summed E-state index contributed by atoms with van der Waals surface area (Å²) in [5, 5.41) is 2.09. The molecule has 0 bridgehead atoms. The number of fused-ring (bicyclic) bond motifs is 1. The van der Waals surface area contributed by atoms with E-state index in [0.29, 0.717) is 0 Å².